The second-order valence-electron chi connectivity index (χ2n) is 9.65. The minimum atomic E-state index is -1.04. The summed E-state index contributed by atoms with van der Waals surface area (Å²) in [5.74, 6) is -1.56. The van der Waals surface area contributed by atoms with Crippen molar-refractivity contribution in [2.75, 3.05) is 0 Å². The Morgan fingerprint density at radius 1 is 0.562 bits per heavy atom. The maximum absolute atomic E-state index is 11.0. The molecule has 1 unspecified atom stereocenters. The van der Waals surface area contributed by atoms with Gasteiger partial charge in [0.05, 0.1) is 0 Å². The molecule has 0 rings (SSSR count). The number of rotatable bonds is 25. The van der Waals surface area contributed by atoms with Crippen LogP contribution in [0.4, 0.5) is 0 Å². The van der Waals surface area contributed by atoms with Crippen LogP contribution in [-0.4, -0.2) is 23.1 Å². The fraction of sp³-hybridized carbons (Fsp3) is 0.929. The molecule has 0 bridgehead atoms. The summed E-state index contributed by atoms with van der Waals surface area (Å²) in [4.78, 5) is 21.9. The van der Waals surface area contributed by atoms with Gasteiger partial charge in [-0.15, -0.1) is 0 Å². The highest BCUT2D eigenvalue weighted by Crippen LogP contribution is 2.16. The van der Waals surface area contributed by atoms with Crippen LogP contribution in [-0.2, 0) is 14.3 Å². The summed E-state index contributed by atoms with van der Waals surface area (Å²) < 4.78 is 4.82. The average Bonchev–Trinajstić information content (AvgIpc) is 2.76. The quantitative estimate of drug-likeness (QED) is 0.110. The molecular formula is C28H54O4. The van der Waals surface area contributed by atoms with Crippen molar-refractivity contribution in [3.63, 3.8) is 0 Å². The Hall–Kier alpha value is -1.06. The first kappa shape index (κ1) is 30.9. The topological polar surface area (TPSA) is 63.6 Å². The number of carboxylic acids is 1. The number of carbonyl (C=O) groups excluding carboxylic acids is 1. The van der Waals surface area contributed by atoms with Gasteiger partial charge >= 0.3 is 11.9 Å². The molecule has 1 atom stereocenters. The molecule has 0 amide bonds. The van der Waals surface area contributed by atoms with Gasteiger partial charge in [-0.2, -0.15) is 0 Å². The van der Waals surface area contributed by atoms with Crippen LogP contribution < -0.4 is 0 Å². The maximum atomic E-state index is 11.0. The lowest BCUT2D eigenvalue weighted by molar-refractivity contribution is -0.163. The van der Waals surface area contributed by atoms with Crippen LogP contribution in [0.1, 0.15) is 162 Å². The summed E-state index contributed by atoms with van der Waals surface area (Å²) >= 11 is 0. The van der Waals surface area contributed by atoms with E-state index in [9.17, 15) is 9.59 Å². The smallest absolute Gasteiger partial charge is 0.345 e. The van der Waals surface area contributed by atoms with Gasteiger partial charge in [-0.05, 0) is 12.8 Å². The van der Waals surface area contributed by atoms with E-state index in [4.69, 9.17) is 9.84 Å². The zero-order valence-electron chi connectivity index (χ0n) is 21.5. The van der Waals surface area contributed by atoms with Crippen LogP contribution in [0.5, 0.6) is 0 Å². The van der Waals surface area contributed by atoms with E-state index in [1.807, 2.05) is 0 Å². The normalized spacial score (nSPS) is 12.1. The maximum Gasteiger partial charge on any atom is 0.345 e. The molecule has 1 N–H and O–H groups in total. The Kier molecular flexibility index (Phi) is 23.8. The molecule has 0 spiro atoms. The Morgan fingerprint density at radius 2 is 0.844 bits per heavy atom. The van der Waals surface area contributed by atoms with Crippen molar-refractivity contribution in [3.8, 4) is 0 Å². The van der Waals surface area contributed by atoms with E-state index in [1.165, 1.54) is 129 Å². The van der Waals surface area contributed by atoms with Crippen LogP contribution in [0.2, 0.25) is 0 Å². The molecule has 0 aliphatic heterocycles. The highest BCUT2D eigenvalue weighted by Gasteiger charge is 2.19. The van der Waals surface area contributed by atoms with Crippen molar-refractivity contribution in [2.24, 2.45) is 0 Å². The van der Waals surface area contributed by atoms with Crippen molar-refractivity contribution in [1.29, 1.82) is 0 Å². The molecule has 32 heavy (non-hydrogen) atoms. The van der Waals surface area contributed by atoms with Crippen LogP contribution in [0.3, 0.4) is 0 Å². The first-order valence-electron chi connectivity index (χ1n) is 14.0. The van der Waals surface area contributed by atoms with E-state index >= 15 is 0 Å². The Morgan fingerprint density at radius 3 is 1.09 bits per heavy atom. The minimum Gasteiger partial charge on any atom is -0.479 e. The third-order valence-corrected chi connectivity index (χ3v) is 6.40. The highest BCUT2D eigenvalue weighted by atomic mass is 16.6. The molecule has 4 heteroatoms. The summed E-state index contributed by atoms with van der Waals surface area (Å²) in [5.41, 5.74) is 0. The fourth-order valence-corrected chi connectivity index (χ4v) is 4.37. The van der Waals surface area contributed by atoms with E-state index in [1.54, 1.807) is 0 Å². The summed E-state index contributed by atoms with van der Waals surface area (Å²) in [5, 5.41) is 9.02. The van der Waals surface area contributed by atoms with Crippen LogP contribution >= 0.6 is 0 Å². The molecule has 4 nitrogen and oxygen atoms in total. The molecule has 0 aromatic rings. The summed E-state index contributed by atoms with van der Waals surface area (Å²) in [6.07, 6.45) is 28.9. The van der Waals surface area contributed by atoms with E-state index in [2.05, 4.69) is 6.92 Å². The van der Waals surface area contributed by atoms with Gasteiger partial charge < -0.3 is 9.84 Å². The van der Waals surface area contributed by atoms with Gasteiger partial charge in [-0.1, -0.05) is 142 Å². The monoisotopic (exact) mass is 454 g/mol. The van der Waals surface area contributed by atoms with E-state index in [0.29, 0.717) is 6.42 Å². The third kappa shape index (κ3) is 23.6. The minimum absolute atomic E-state index is 0.425. The number of hydrogen-bond acceptors (Lipinski definition) is 3. The van der Waals surface area contributed by atoms with Crippen LogP contribution in [0, 0.1) is 0 Å². The molecule has 0 aromatic heterocycles. The molecule has 0 heterocycles. The highest BCUT2D eigenvalue weighted by molar-refractivity contribution is 5.76. The molecule has 190 valence electrons. The second kappa shape index (κ2) is 24.6. The number of esters is 1. The van der Waals surface area contributed by atoms with Gasteiger partial charge in [0, 0.05) is 6.92 Å². The number of ether oxygens (including phenoxy) is 1. The molecule has 0 aromatic carbocycles. The third-order valence-electron chi connectivity index (χ3n) is 6.40. The molecule has 0 aliphatic rings. The van der Waals surface area contributed by atoms with Gasteiger partial charge in [-0.25, -0.2) is 4.79 Å². The molecular weight excluding hydrogens is 400 g/mol. The number of carboxylic acid groups (broad SMARTS) is 1. The van der Waals surface area contributed by atoms with Crippen LogP contribution in [0.15, 0.2) is 0 Å². The number of hydrogen-bond donors (Lipinski definition) is 1. The van der Waals surface area contributed by atoms with Gasteiger partial charge in [0.2, 0.25) is 0 Å². The Labute approximate surface area is 199 Å². The predicted molar refractivity (Wildman–Crippen MR) is 135 cm³/mol. The van der Waals surface area contributed by atoms with Crippen molar-refractivity contribution in [3.05, 3.63) is 0 Å². The van der Waals surface area contributed by atoms with E-state index in [-0.39, 0.29) is 0 Å². The van der Waals surface area contributed by atoms with Gasteiger partial charge in [-0.3, -0.25) is 4.79 Å². The average molecular weight is 455 g/mol. The Bertz CT molecular complexity index is 422. The lowest BCUT2D eigenvalue weighted by Crippen LogP contribution is -2.25. The standard InChI is InChI=1S/C28H54O4/c1-3-4-5-6-7-8-9-10-11-12-13-14-15-16-17-18-19-20-21-22-23-24-25-27(28(30)31)32-26(2)29/h27H,3-25H2,1-2H3,(H,30,31). The van der Waals surface area contributed by atoms with Gasteiger partial charge in [0.1, 0.15) is 0 Å². The number of carbonyl (C=O) groups is 2. The molecule has 0 aliphatic carbocycles. The van der Waals surface area contributed by atoms with E-state index < -0.39 is 18.0 Å². The lowest BCUT2D eigenvalue weighted by atomic mass is 10.0. The Balaban J connectivity index is 3.19. The number of unbranched alkanes of at least 4 members (excludes halogenated alkanes) is 21. The van der Waals surface area contributed by atoms with Gasteiger partial charge in [0.25, 0.3) is 0 Å². The second-order valence-corrected chi connectivity index (χ2v) is 9.65. The summed E-state index contributed by atoms with van der Waals surface area (Å²) in [6.45, 7) is 3.54. The fourth-order valence-electron chi connectivity index (χ4n) is 4.37. The van der Waals surface area contributed by atoms with Crippen molar-refractivity contribution in [1.82, 2.24) is 0 Å². The largest absolute Gasteiger partial charge is 0.479 e. The SMILES string of the molecule is CCCCCCCCCCCCCCCCCCCCCCCCC(OC(C)=O)C(=O)O. The summed E-state index contributed by atoms with van der Waals surface area (Å²) in [6, 6.07) is 0. The zero-order valence-corrected chi connectivity index (χ0v) is 21.5. The first-order valence-corrected chi connectivity index (χ1v) is 14.0. The molecule has 0 saturated heterocycles. The number of aliphatic carboxylic acids is 1. The van der Waals surface area contributed by atoms with Crippen molar-refractivity contribution in [2.45, 2.75) is 168 Å². The molecule has 0 saturated carbocycles. The van der Waals surface area contributed by atoms with E-state index in [0.717, 1.165) is 19.3 Å². The van der Waals surface area contributed by atoms with Crippen molar-refractivity contribution < 1.29 is 19.4 Å². The molecule has 0 radical (unpaired) electrons. The first-order chi connectivity index (χ1) is 15.6. The van der Waals surface area contributed by atoms with Crippen LogP contribution in [0.25, 0.3) is 0 Å². The molecule has 0 fully saturated rings. The van der Waals surface area contributed by atoms with Gasteiger partial charge in [0.15, 0.2) is 6.10 Å². The van der Waals surface area contributed by atoms with Crippen molar-refractivity contribution >= 4 is 11.9 Å². The lowest BCUT2D eigenvalue weighted by Gasteiger charge is -2.11. The predicted octanol–water partition coefficient (Wildman–Crippen LogP) is 8.99. The summed E-state index contributed by atoms with van der Waals surface area (Å²) in [7, 11) is 0. The zero-order chi connectivity index (χ0) is 23.7.